The summed E-state index contributed by atoms with van der Waals surface area (Å²) in [6.07, 6.45) is 2.39. The molecule has 24 heavy (non-hydrogen) atoms. The third-order valence-electron chi connectivity index (χ3n) is 4.42. The Labute approximate surface area is 160 Å². The normalized spacial score (nSPS) is 11.9. The van der Waals surface area contributed by atoms with Crippen molar-refractivity contribution in [3.05, 3.63) is 45.3 Å². The summed E-state index contributed by atoms with van der Waals surface area (Å²) >= 11 is 7.22. The molecule has 1 N–H and O–H groups in total. The number of halogens is 2. The van der Waals surface area contributed by atoms with E-state index in [1.807, 2.05) is 0 Å². The van der Waals surface area contributed by atoms with E-state index in [-0.39, 0.29) is 0 Å². The number of aryl methyl sites for hydroxylation is 1. The average Bonchev–Trinajstić information content (AvgIpc) is 2.83. The number of nitrogens with zero attached hydrogens (tertiary/aromatic N) is 1. The van der Waals surface area contributed by atoms with Gasteiger partial charge in [-0.1, -0.05) is 45.7 Å². The van der Waals surface area contributed by atoms with Crippen molar-refractivity contribution in [2.75, 3.05) is 13.1 Å². The van der Waals surface area contributed by atoms with Crippen LogP contribution in [0.25, 0.3) is 21.8 Å². The van der Waals surface area contributed by atoms with Crippen LogP contribution in [0.2, 0.25) is 0 Å². The highest BCUT2D eigenvalue weighted by molar-refractivity contribution is 9.10. The zero-order valence-corrected chi connectivity index (χ0v) is 17.5. The number of fused-ring (bicyclic) bond motifs is 3. The van der Waals surface area contributed by atoms with E-state index in [1.54, 1.807) is 0 Å². The number of hydrogen-bond donors (Lipinski definition) is 1. The van der Waals surface area contributed by atoms with Gasteiger partial charge in [-0.2, -0.15) is 0 Å². The van der Waals surface area contributed by atoms with Gasteiger partial charge in [0.05, 0.1) is 0 Å². The van der Waals surface area contributed by atoms with E-state index in [4.69, 9.17) is 0 Å². The van der Waals surface area contributed by atoms with Crippen molar-refractivity contribution >= 4 is 53.7 Å². The number of rotatable bonds is 7. The molecule has 0 aliphatic carbocycles. The molecule has 0 aliphatic heterocycles. The van der Waals surface area contributed by atoms with Crippen molar-refractivity contribution in [1.82, 2.24) is 9.88 Å². The summed E-state index contributed by atoms with van der Waals surface area (Å²) in [5, 5.41) is 6.19. The molecule has 2 aromatic carbocycles. The minimum Gasteiger partial charge on any atom is -0.340 e. The Hall–Kier alpha value is -0.840. The molecule has 0 fully saturated rings. The first-order valence-corrected chi connectivity index (χ1v) is 10.2. The van der Waals surface area contributed by atoms with Crippen LogP contribution in [0.4, 0.5) is 0 Å². The fourth-order valence-corrected chi connectivity index (χ4v) is 3.89. The van der Waals surface area contributed by atoms with Gasteiger partial charge in [0.2, 0.25) is 0 Å². The first kappa shape index (κ1) is 18.0. The Morgan fingerprint density at radius 2 is 1.50 bits per heavy atom. The molecule has 0 saturated carbocycles. The second kappa shape index (κ2) is 8.03. The maximum Gasteiger partial charge on any atom is 0.0492 e. The Balaban J connectivity index is 1.81. The number of benzene rings is 2. The van der Waals surface area contributed by atoms with E-state index in [9.17, 15) is 0 Å². The smallest absolute Gasteiger partial charge is 0.0492 e. The van der Waals surface area contributed by atoms with Crippen LogP contribution >= 0.6 is 31.9 Å². The third-order valence-corrected chi connectivity index (χ3v) is 5.41. The zero-order valence-electron chi connectivity index (χ0n) is 14.3. The second-order valence-corrected chi connectivity index (χ2v) is 8.59. The van der Waals surface area contributed by atoms with Crippen molar-refractivity contribution in [2.24, 2.45) is 5.92 Å². The van der Waals surface area contributed by atoms with Crippen LogP contribution in [0, 0.1) is 5.92 Å². The van der Waals surface area contributed by atoms with Gasteiger partial charge in [0.25, 0.3) is 0 Å². The molecule has 0 radical (unpaired) electrons. The molecule has 3 aromatic rings. The largest absolute Gasteiger partial charge is 0.340 e. The fraction of sp³-hybridized carbons (Fsp3) is 0.400. The summed E-state index contributed by atoms with van der Waals surface area (Å²) in [6.45, 7) is 7.77. The Bertz CT molecular complexity index is 777. The van der Waals surface area contributed by atoms with Gasteiger partial charge in [0, 0.05) is 37.3 Å². The van der Waals surface area contributed by atoms with Gasteiger partial charge in [-0.3, -0.25) is 0 Å². The molecule has 0 saturated heterocycles. The van der Waals surface area contributed by atoms with Crippen molar-refractivity contribution in [3.8, 4) is 0 Å². The quantitative estimate of drug-likeness (QED) is 0.414. The predicted molar refractivity (Wildman–Crippen MR) is 112 cm³/mol. The monoisotopic (exact) mass is 450 g/mol. The highest BCUT2D eigenvalue weighted by Crippen LogP contribution is 2.33. The molecular weight excluding hydrogens is 428 g/mol. The molecule has 1 aromatic heterocycles. The van der Waals surface area contributed by atoms with E-state index in [0.717, 1.165) is 40.9 Å². The van der Waals surface area contributed by atoms with E-state index >= 15 is 0 Å². The maximum atomic E-state index is 3.61. The molecule has 4 heteroatoms. The van der Waals surface area contributed by atoms with E-state index < -0.39 is 0 Å². The van der Waals surface area contributed by atoms with Crippen molar-refractivity contribution in [1.29, 1.82) is 0 Å². The maximum absolute atomic E-state index is 3.61. The van der Waals surface area contributed by atoms with E-state index in [1.165, 1.54) is 28.2 Å². The highest BCUT2D eigenvalue weighted by Gasteiger charge is 2.11. The highest BCUT2D eigenvalue weighted by atomic mass is 79.9. The number of hydrogen-bond acceptors (Lipinski definition) is 1. The molecule has 128 valence electrons. The average molecular weight is 452 g/mol. The standard InChI is InChI=1S/C20H24Br2N2/c1-14(2)8-10-23-9-3-11-24-19-6-4-15(21)12-17(19)18-13-16(22)5-7-20(18)24/h4-7,12-14,23H,3,8-11H2,1-2H3. The van der Waals surface area contributed by atoms with Crippen LogP contribution in [-0.2, 0) is 6.54 Å². The third kappa shape index (κ3) is 4.04. The van der Waals surface area contributed by atoms with Crippen LogP contribution < -0.4 is 5.32 Å². The molecule has 0 atom stereocenters. The SMILES string of the molecule is CC(C)CCNCCCn1c2ccc(Br)cc2c2cc(Br)ccc21. The van der Waals surface area contributed by atoms with Crippen molar-refractivity contribution in [2.45, 2.75) is 33.2 Å². The molecule has 1 heterocycles. The Morgan fingerprint density at radius 3 is 2.04 bits per heavy atom. The second-order valence-electron chi connectivity index (χ2n) is 6.76. The summed E-state index contributed by atoms with van der Waals surface area (Å²) < 4.78 is 4.71. The van der Waals surface area contributed by atoms with Gasteiger partial charge >= 0.3 is 0 Å². The molecule has 3 rings (SSSR count). The summed E-state index contributed by atoms with van der Waals surface area (Å²) in [5.41, 5.74) is 2.63. The lowest BCUT2D eigenvalue weighted by Crippen LogP contribution is -2.19. The van der Waals surface area contributed by atoms with Crippen LogP contribution in [0.5, 0.6) is 0 Å². The zero-order chi connectivity index (χ0) is 17.1. The lowest BCUT2D eigenvalue weighted by Gasteiger charge is -2.09. The van der Waals surface area contributed by atoms with Crippen LogP contribution in [0.3, 0.4) is 0 Å². The fourth-order valence-electron chi connectivity index (χ4n) is 3.17. The van der Waals surface area contributed by atoms with E-state index in [0.29, 0.717) is 0 Å². The first-order chi connectivity index (χ1) is 11.6. The molecule has 2 nitrogen and oxygen atoms in total. The summed E-state index contributed by atoms with van der Waals surface area (Å²) in [7, 11) is 0. The predicted octanol–water partition coefficient (Wildman–Crippen LogP) is 6.35. The van der Waals surface area contributed by atoms with Crippen LogP contribution in [0.1, 0.15) is 26.7 Å². The van der Waals surface area contributed by atoms with Crippen molar-refractivity contribution in [3.63, 3.8) is 0 Å². The lowest BCUT2D eigenvalue weighted by molar-refractivity contribution is 0.522. The van der Waals surface area contributed by atoms with Gasteiger partial charge in [0.1, 0.15) is 0 Å². The first-order valence-electron chi connectivity index (χ1n) is 8.64. The summed E-state index contributed by atoms with van der Waals surface area (Å²) in [5.74, 6) is 0.770. The molecule has 0 spiro atoms. The van der Waals surface area contributed by atoms with Gasteiger partial charge in [-0.25, -0.2) is 0 Å². The Kier molecular flexibility index (Phi) is 6.01. The van der Waals surface area contributed by atoms with Gasteiger partial charge in [-0.05, 0) is 68.2 Å². The number of nitrogens with one attached hydrogen (secondary N) is 1. The molecule has 0 amide bonds. The summed E-state index contributed by atoms with van der Waals surface area (Å²) in [6, 6.07) is 13.2. The minimum atomic E-state index is 0.770. The van der Waals surface area contributed by atoms with Crippen LogP contribution in [-0.4, -0.2) is 17.7 Å². The molecule has 0 aliphatic rings. The van der Waals surface area contributed by atoms with Gasteiger partial charge < -0.3 is 9.88 Å². The van der Waals surface area contributed by atoms with Crippen molar-refractivity contribution < 1.29 is 0 Å². The molecule has 0 unspecified atom stereocenters. The number of aromatic nitrogens is 1. The molecular formula is C20H24Br2N2. The Morgan fingerprint density at radius 1 is 0.917 bits per heavy atom. The topological polar surface area (TPSA) is 17.0 Å². The van der Waals surface area contributed by atoms with E-state index in [2.05, 4.69) is 92.0 Å². The minimum absolute atomic E-state index is 0.770. The lowest BCUT2D eigenvalue weighted by atomic mass is 10.1. The summed E-state index contributed by atoms with van der Waals surface area (Å²) in [4.78, 5) is 0. The van der Waals surface area contributed by atoms with Gasteiger partial charge in [-0.15, -0.1) is 0 Å². The molecule has 0 bridgehead atoms. The van der Waals surface area contributed by atoms with Crippen LogP contribution in [0.15, 0.2) is 45.3 Å². The van der Waals surface area contributed by atoms with Gasteiger partial charge in [0.15, 0.2) is 0 Å².